The van der Waals surface area contributed by atoms with Crippen LogP contribution < -0.4 is 4.74 Å². The van der Waals surface area contributed by atoms with Crippen molar-refractivity contribution in [1.82, 2.24) is 19.8 Å². The number of rotatable bonds is 7. The van der Waals surface area contributed by atoms with E-state index in [1.54, 1.807) is 17.4 Å². The third kappa shape index (κ3) is 4.10. The second kappa shape index (κ2) is 8.69. The van der Waals surface area contributed by atoms with Crippen LogP contribution in [0.5, 0.6) is 10.9 Å². The molecular weight excluding hydrogens is 456 g/mol. The van der Waals surface area contributed by atoms with Crippen molar-refractivity contribution in [3.63, 3.8) is 0 Å². The predicted molar refractivity (Wildman–Crippen MR) is 124 cm³/mol. The largest absolute Gasteiger partial charge is 0.464 e. The lowest BCUT2D eigenvalue weighted by Gasteiger charge is -2.40. The molecule has 0 spiro atoms. The first-order valence-electron chi connectivity index (χ1n) is 11.2. The Morgan fingerprint density at radius 2 is 2.18 bits per heavy atom. The Bertz CT molecular complexity index is 1330. The van der Waals surface area contributed by atoms with Gasteiger partial charge < -0.3 is 18.8 Å². The van der Waals surface area contributed by atoms with Gasteiger partial charge in [-0.25, -0.2) is 4.98 Å². The summed E-state index contributed by atoms with van der Waals surface area (Å²) in [4.78, 5) is 36.1. The number of carbonyl (C=O) groups excluding carboxylic acids is 2. The summed E-state index contributed by atoms with van der Waals surface area (Å²) in [6.07, 6.45) is 4.75. The monoisotopic (exact) mass is 478 g/mol. The zero-order valence-corrected chi connectivity index (χ0v) is 19.1. The van der Waals surface area contributed by atoms with Gasteiger partial charge in [-0.05, 0) is 37.1 Å². The SMILES string of the molecule is O=COC1CN(Cc2coc3cc(Oc4nc5ncccc5s4)ccc23)CCN1C(=O)C1CC1. The van der Waals surface area contributed by atoms with E-state index in [2.05, 4.69) is 14.9 Å². The molecule has 9 nitrogen and oxygen atoms in total. The molecule has 0 N–H and O–H groups in total. The smallest absolute Gasteiger partial charge is 0.295 e. The Hall–Kier alpha value is -3.50. The minimum absolute atomic E-state index is 0.0942. The summed E-state index contributed by atoms with van der Waals surface area (Å²) >= 11 is 1.44. The molecule has 1 amide bonds. The maximum absolute atomic E-state index is 12.5. The topological polar surface area (TPSA) is 98.0 Å². The van der Waals surface area contributed by atoms with Crippen LogP contribution in [0.2, 0.25) is 0 Å². The summed E-state index contributed by atoms with van der Waals surface area (Å²) in [5, 5.41) is 1.52. The van der Waals surface area contributed by atoms with E-state index in [1.165, 1.54) is 11.3 Å². The van der Waals surface area contributed by atoms with Gasteiger partial charge in [-0.3, -0.25) is 14.5 Å². The summed E-state index contributed by atoms with van der Waals surface area (Å²) in [7, 11) is 0. The van der Waals surface area contributed by atoms with Crippen molar-refractivity contribution in [2.45, 2.75) is 25.6 Å². The quantitative estimate of drug-likeness (QED) is 0.370. The Balaban J connectivity index is 1.15. The molecule has 1 aliphatic carbocycles. The average molecular weight is 479 g/mol. The van der Waals surface area contributed by atoms with Crippen LogP contribution in [0.4, 0.5) is 0 Å². The van der Waals surface area contributed by atoms with Gasteiger partial charge in [0.05, 0.1) is 17.5 Å². The van der Waals surface area contributed by atoms with Crippen molar-refractivity contribution in [3.05, 3.63) is 48.4 Å². The molecular formula is C24H22N4O5S. The molecule has 0 radical (unpaired) electrons. The van der Waals surface area contributed by atoms with E-state index in [-0.39, 0.29) is 11.8 Å². The normalized spacial score (nSPS) is 18.9. The molecule has 2 aliphatic rings. The van der Waals surface area contributed by atoms with E-state index < -0.39 is 6.23 Å². The van der Waals surface area contributed by atoms with Gasteiger partial charge in [0.2, 0.25) is 5.91 Å². The lowest BCUT2D eigenvalue weighted by atomic mass is 10.1. The summed E-state index contributed by atoms with van der Waals surface area (Å²) < 4.78 is 18.0. The fourth-order valence-corrected chi connectivity index (χ4v) is 5.12. The van der Waals surface area contributed by atoms with Gasteiger partial charge in [-0.2, -0.15) is 4.98 Å². The third-order valence-electron chi connectivity index (χ3n) is 6.21. The fourth-order valence-electron chi connectivity index (χ4n) is 4.33. The molecule has 0 bridgehead atoms. The van der Waals surface area contributed by atoms with E-state index in [0.29, 0.717) is 49.2 Å². The van der Waals surface area contributed by atoms with Crippen molar-refractivity contribution in [2.24, 2.45) is 5.92 Å². The zero-order valence-electron chi connectivity index (χ0n) is 18.3. The number of hydrogen-bond donors (Lipinski definition) is 0. The van der Waals surface area contributed by atoms with E-state index in [4.69, 9.17) is 13.9 Å². The summed E-state index contributed by atoms with van der Waals surface area (Å²) in [5.41, 5.74) is 2.41. The molecule has 4 aromatic rings. The summed E-state index contributed by atoms with van der Waals surface area (Å²) in [6.45, 7) is 2.77. The van der Waals surface area contributed by atoms with Crippen molar-refractivity contribution in [2.75, 3.05) is 19.6 Å². The molecule has 10 heteroatoms. The van der Waals surface area contributed by atoms with Crippen LogP contribution in [0, 0.1) is 5.92 Å². The van der Waals surface area contributed by atoms with Crippen LogP contribution in [0.1, 0.15) is 18.4 Å². The van der Waals surface area contributed by atoms with Crippen molar-refractivity contribution >= 4 is 45.0 Å². The van der Waals surface area contributed by atoms with E-state index >= 15 is 0 Å². The molecule has 1 saturated heterocycles. The number of benzene rings is 1. The van der Waals surface area contributed by atoms with E-state index in [1.807, 2.05) is 30.3 Å². The predicted octanol–water partition coefficient (Wildman–Crippen LogP) is 3.78. The molecule has 4 heterocycles. The highest BCUT2D eigenvalue weighted by atomic mass is 32.1. The van der Waals surface area contributed by atoms with E-state index in [9.17, 15) is 9.59 Å². The lowest BCUT2D eigenvalue weighted by molar-refractivity contribution is -0.163. The molecule has 1 atom stereocenters. The summed E-state index contributed by atoms with van der Waals surface area (Å²) in [5.74, 6) is 0.827. The van der Waals surface area contributed by atoms with Crippen molar-refractivity contribution in [3.8, 4) is 10.9 Å². The number of furan rings is 1. The van der Waals surface area contributed by atoms with Gasteiger partial charge in [0.1, 0.15) is 11.3 Å². The highest BCUT2D eigenvalue weighted by Crippen LogP contribution is 2.34. The van der Waals surface area contributed by atoms with Crippen molar-refractivity contribution < 1.29 is 23.5 Å². The standard InChI is InChI=1S/C24H22N4O5S/c29-14-32-21-12-27(8-9-28(21)23(30)15-3-4-15)11-16-13-31-19-10-17(5-6-18(16)19)33-24-26-22-20(34-24)2-1-7-25-22/h1-2,5-7,10,13-15,21H,3-4,8-9,11-12H2. The molecule has 1 aromatic carbocycles. The first-order valence-corrected chi connectivity index (χ1v) is 12.0. The van der Waals surface area contributed by atoms with Gasteiger partial charge in [0.25, 0.3) is 11.7 Å². The maximum Gasteiger partial charge on any atom is 0.295 e. The number of carbonyl (C=O) groups is 2. The molecule has 1 saturated carbocycles. The molecule has 34 heavy (non-hydrogen) atoms. The van der Waals surface area contributed by atoms with E-state index in [0.717, 1.165) is 34.1 Å². The number of pyridine rings is 1. The number of ether oxygens (including phenoxy) is 2. The van der Waals surface area contributed by atoms with Gasteiger partial charge in [0, 0.05) is 48.8 Å². The number of hydrogen-bond acceptors (Lipinski definition) is 9. The zero-order chi connectivity index (χ0) is 23.1. The summed E-state index contributed by atoms with van der Waals surface area (Å²) in [6, 6.07) is 9.55. The van der Waals surface area contributed by atoms with Crippen LogP contribution in [-0.2, 0) is 20.9 Å². The van der Waals surface area contributed by atoms with Gasteiger partial charge >= 0.3 is 0 Å². The number of amides is 1. The number of nitrogens with zero attached hydrogens (tertiary/aromatic N) is 4. The first-order chi connectivity index (χ1) is 16.7. The second-order valence-electron chi connectivity index (χ2n) is 8.55. The number of piperazine rings is 1. The number of fused-ring (bicyclic) bond motifs is 2. The Morgan fingerprint density at radius 1 is 1.26 bits per heavy atom. The van der Waals surface area contributed by atoms with Gasteiger partial charge in [0.15, 0.2) is 11.9 Å². The fraction of sp³-hybridized carbons (Fsp3) is 0.333. The van der Waals surface area contributed by atoms with Gasteiger partial charge in [-0.1, -0.05) is 11.3 Å². The molecule has 1 unspecified atom stereocenters. The second-order valence-corrected chi connectivity index (χ2v) is 9.55. The molecule has 174 valence electrons. The first kappa shape index (κ1) is 21.1. The van der Waals surface area contributed by atoms with Crippen LogP contribution in [0.3, 0.4) is 0 Å². The maximum atomic E-state index is 12.5. The Kier molecular flexibility index (Phi) is 5.39. The average Bonchev–Trinajstić information content (AvgIpc) is 3.51. The Morgan fingerprint density at radius 3 is 3.00 bits per heavy atom. The van der Waals surface area contributed by atoms with Crippen LogP contribution >= 0.6 is 11.3 Å². The lowest BCUT2D eigenvalue weighted by Crippen LogP contribution is -2.56. The minimum atomic E-state index is -0.555. The van der Waals surface area contributed by atoms with Crippen LogP contribution in [-0.4, -0.2) is 58.0 Å². The minimum Gasteiger partial charge on any atom is -0.464 e. The van der Waals surface area contributed by atoms with Crippen LogP contribution in [0.25, 0.3) is 21.3 Å². The highest BCUT2D eigenvalue weighted by Gasteiger charge is 2.39. The molecule has 6 rings (SSSR count). The number of aromatic nitrogens is 2. The molecule has 3 aromatic heterocycles. The molecule has 2 fully saturated rings. The highest BCUT2D eigenvalue weighted by molar-refractivity contribution is 7.20. The third-order valence-corrected chi connectivity index (χ3v) is 7.10. The Labute approximate surface area is 198 Å². The van der Waals surface area contributed by atoms with Crippen LogP contribution in [0.15, 0.2) is 47.2 Å². The molecule has 1 aliphatic heterocycles. The van der Waals surface area contributed by atoms with Crippen molar-refractivity contribution in [1.29, 1.82) is 0 Å². The van der Waals surface area contributed by atoms with Gasteiger partial charge in [-0.15, -0.1) is 0 Å². The number of thiazole rings is 1.